The molecule has 0 amide bonds. The fourth-order valence-corrected chi connectivity index (χ4v) is 2.93. The number of aliphatic carboxylic acids is 1. The van der Waals surface area contributed by atoms with E-state index in [2.05, 4.69) is 0 Å². The second kappa shape index (κ2) is 5.05. The molecule has 0 fully saturated rings. The van der Waals surface area contributed by atoms with Gasteiger partial charge >= 0.3 is 5.97 Å². The Bertz CT molecular complexity index is 572. The Kier molecular flexibility index (Phi) is 4.16. The lowest BCUT2D eigenvalue weighted by molar-refractivity contribution is -0.131. The zero-order chi connectivity index (χ0) is 13.2. The smallest absolute Gasteiger partial charge is 0.328 e. The first-order chi connectivity index (χ1) is 7.71. The van der Waals surface area contributed by atoms with E-state index in [1.165, 1.54) is 18.2 Å². The van der Waals surface area contributed by atoms with Crippen LogP contribution in [0.5, 0.6) is 0 Å². The molecule has 17 heavy (non-hydrogen) atoms. The van der Waals surface area contributed by atoms with Crippen molar-refractivity contribution in [2.75, 3.05) is 0 Å². The number of carboxylic acid groups (broad SMARTS) is 1. The molecule has 1 aromatic rings. The van der Waals surface area contributed by atoms with Crippen molar-refractivity contribution in [1.29, 1.82) is 0 Å². The molecule has 0 aliphatic heterocycles. The van der Waals surface area contributed by atoms with E-state index in [1.807, 2.05) is 0 Å². The van der Waals surface area contributed by atoms with Crippen molar-refractivity contribution >= 4 is 45.3 Å². The summed E-state index contributed by atoms with van der Waals surface area (Å²) < 4.78 is 22.3. The number of hydrogen-bond donors (Lipinski definition) is 2. The minimum Gasteiger partial charge on any atom is -0.478 e. The third-order valence-corrected chi connectivity index (χ3v) is 3.55. The molecule has 5 nitrogen and oxygen atoms in total. The third kappa shape index (κ3) is 3.71. The monoisotopic (exact) mass is 295 g/mol. The van der Waals surface area contributed by atoms with Crippen LogP contribution in [0.4, 0.5) is 0 Å². The average molecular weight is 296 g/mol. The zero-order valence-electron chi connectivity index (χ0n) is 8.22. The lowest BCUT2D eigenvalue weighted by Gasteiger charge is -2.05. The van der Waals surface area contributed by atoms with E-state index in [1.54, 1.807) is 0 Å². The van der Waals surface area contributed by atoms with Crippen LogP contribution in [0.1, 0.15) is 5.56 Å². The number of sulfonamides is 1. The average Bonchev–Trinajstić information content (AvgIpc) is 2.11. The van der Waals surface area contributed by atoms with E-state index in [9.17, 15) is 13.2 Å². The maximum absolute atomic E-state index is 11.1. The summed E-state index contributed by atoms with van der Waals surface area (Å²) in [6.45, 7) is 0. The first kappa shape index (κ1) is 14.0. The maximum atomic E-state index is 11.1. The number of carboxylic acids is 1. The minimum atomic E-state index is -4.02. The van der Waals surface area contributed by atoms with Gasteiger partial charge in [0.2, 0.25) is 10.0 Å². The van der Waals surface area contributed by atoms with Crippen molar-refractivity contribution in [3.63, 3.8) is 0 Å². The van der Waals surface area contributed by atoms with Gasteiger partial charge in [-0.25, -0.2) is 18.4 Å². The fraction of sp³-hybridized carbons (Fsp3) is 0. The summed E-state index contributed by atoms with van der Waals surface area (Å²) in [5.41, 5.74) is 0.356. The predicted octanol–water partition coefficient (Wildman–Crippen LogP) is 1.74. The van der Waals surface area contributed by atoms with Crippen LogP contribution < -0.4 is 5.14 Å². The summed E-state index contributed by atoms with van der Waals surface area (Å²) in [4.78, 5) is 9.92. The van der Waals surface area contributed by atoms with E-state index < -0.39 is 16.0 Å². The molecule has 0 atom stereocenters. The highest BCUT2D eigenvalue weighted by molar-refractivity contribution is 7.89. The topological polar surface area (TPSA) is 97.5 Å². The van der Waals surface area contributed by atoms with E-state index in [0.29, 0.717) is 5.56 Å². The molecule has 0 aliphatic rings. The molecule has 1 aromatic carbocycles. The van der Waals surface area contributed by atoms with Crippen LogP contribution in [0.15, 0.2) is 23.1 Å². The molecule has 0 bridgehead atoms. The van der Waals surface area contributed by atoms with Gasteiger partial charge in [-0.15, -0.1) is 0 Å². The van der Waals surface area contributed by atoms with Gasteiger partial charge in [0.25, 0.3) is 0 Å². The molecule has 0 heterocycles. The van der Waals surface area contributed by atoms with Crippen LogP contribution in [0.3, 0.4) is 0 Å². The number of hydrogen-bond acceptors (Lipinski definition) is 3. The Morgan fingerprint density at radius 2 is 1.76 bits per heavy atom. The number of halogens is 2. The number of carbonyl (C=O) groups is 1. The molecule has 0 spiro atoms. The van der Waals surface area contributed by atoms with E-state index in [-0.39, 0.29) is 14.9 Å². The van der Waals surface area contributed by atoms with Gasteiger partial charge in [0, 0.05) is 6.08 Å². The first-order valence-electron chi connectivity index (χ1n) is 4.14. The summed E-state index contributed by atoms with van der Waals surface area (Å²) in [7, 11) is -4.02. The number of rotatable bonds is 3. The van der Waals surface area contributed by atoms with Crippen molar-refractivity contribution in [2.24, 2.45) is 5.14 Å². The van der Waals surface area contributed by atoms with Crippen molar-refractivity contribution < 1.29 is 18.3 Å². The molecule has 0 unspecified atom stereocenters. The Hall–Kier alpha value is -1.08. The minimum absolute atomic E-state index is 0.162. The SMILES string of the molecule is NS(=O)(=O)c1c(Cl)cc(/C=C/C(=O)O)cc1Cl. The maximum Gasteiger partial charge on any atom is 0.328 e. The van der Waals surface area contributed by atoms with E-state index in [4.69, 9.17) is 33.4 Å². The van der Waals surface area contributed by atoms with Crippen LogP contribution >= 0.6 is 23.2 Å². The second-order valence-corrected chi connectivity index (χ2v) is 5.34. The molecule has 3 N–H and O–H groups in total. The fourth-order valence-electron chi connectivity index (χ4n) is 1.12. The van der Waals surface area contributed by atoms with Gasteiger partial charge in [-0.05, 0) is 23.8 Å². The summed E-state index contributed by atoms with van der Waals surface area (Å²) in [6.07, 6.45) is 2.10. The summed E-state index contributed by atoms with van der Waals surface area (Å²) in [5.74, 6) is -1.15. The molecule has 0 radical (unpaired) electrons. The van der Waals surface area contributed by atoms with Gasteiger partial charge in [0.05, 0.1) is 10.0 Å². The quantitative estimate of drug-likeness (QED) is 0.830. The molecule has 8 heteroatoms. The number of benzene rings is 1. The largest absolute Gasteiger partial charge is 0.478 e. The molecule has 0 aromatic heterocycles. The van der Waals surface area contributed by atoms with Gasteiger partial charge in [-0.3, -0.25) is 0 Å². The van der Waals surface area contributed by atoms with Gasteiger partial charge in [0.1, 0.15) is 4.90 Å². The third-order valence-electron chi connectivity index (χ3n) is 1.72. The second-order valence-electron chi connectivity index (χ2n) is 3.03. The zero-order valence-corrected chi connectivity index (χ0v) is 10.6. The molecule has 0 saturated heterocycles. The van der Waals surface area contributed by atoms with Crippen molar-refractivity contribution in [3.05, 3.63) is 33.8 Å². The van der Waals surface area contributed by atoms with Gasteiger partial charge in [0.15, 0.2) is 0 Å². The lowest BCUT2D eigenvalue weighted by Crippen LogP contribution is -2.13. The van der Waals surface area contributed by atoms with Crippen LogP contribution in [-0.4, -0.2) is 19.5 Å². The summed E-state index contributed by atoms with van der Waals surface area (Å²) in [6, 6.07) is 2.51. The predicted molar refractivity (Wildman–Crippen MR) is 64.5 cm³/mol. The Morgan fingerprint density at radius 3 is 2.12 bits per heavy atom. The molecule has 0 saturated carbocycles. The Morgan fingerprint density at radius 1 is 1.29 bits per heavy atom. The van der Waals surface area contributed by atoms with Gasteiger partial charge in [-0.2, -0.15) is 0 Å². The van der Waals surface area contributed by atoms with Gasteiger partial charge in [-0.1, -0.05) is 23.2 Å². The molecular weight excluding hydrogens is 289 g/mol. The highest BCUT2D eigenvalue weighted by Gasteiger charge is 2.18. The van der Waals surface area contributed by atoms with E-state index in [0.717, 1.165) is 6.08 Å². The molecule has 0 aliphatic carbocycles. The van der Waals surface area contributed by atoms with Crippen molar-refractivity contribution in [3.8, 4) is 0 Å². The van der Waals surface area contributed by atoms with Crippen LogP contribution in [-0.2, 0) is 14.8 Å². The lowest BCUT2D eigenvalue weighted by atomic mass is 10.2. The first-order valence-corrected chi connectivity index (χ1v) is 6.45. The Labute approximate surface area is 107 Å². The summed E-state index contributed by atoms with van der Waals surface area (Å²) >= 11 is 11.4. The van der Waals surface area contributed by atoms with Crippen LogP contribution in [0, 0.1) is 0 Å². The normalized spacial score (nSPS) is 11.9. The van der Waals surface area contributed by atoms with E-state index >= 15 is 0 Å². The van der Waals surface area contributed by atoms with Crippen LogP contribution in [0.25, 0.3) is 6.08 Å². The Balaban J connectivity index is 3.33. The number of primary sulfonamides is 1. The van der Waals surface area contributed by atoms with Crippen molar-refractivity contribution in [1.82, 2.24) is 0 Å². The standard InChI is InChI=1S/C9H7Cl2NO4S/c10-6-3-5(1-2-8(13)14)4-7(11)9(6)17(12,15)16/h1-4H,(H,13,14)(H2,12,15,16)/b2-1+. The number of nitrogens with two attached hydrogens (primary N) is 1. The highest BCUT2D eigenvalue weighted by Crippen LogP contribution is 2.30. The molecule has 1 rings (SSSR count). The molecular formula is C9H7Cl2NO4S. The van der Waals surface area contributed by atoms with Crippen LogP contribution in [0.2, 0.25) is 10.0 Å². The highest BCUT2D eigenvalue weighted by atomic mass is 35.5. The summed E-state index contributed by atoms with van der Waals surface area (Å²) in [5, 5.41) is 13.0. The van der Waals surface area contributed by atoms with Crippen molar-refractivity contribution in [2.45, 2.75) is 4.90 Å². The van der Waals surface area contributed by atoms with Gasteiger partial charge < -0.3 is 5.11 Å². The molecule has 92 valence electrons.